The molecule has 0 aliphatic carbocycles. The first-order valence-corrected chi connectivity index (χ1v) is 11.0. The van der Waals surface area contributed by atoms with E-state index in [4.69, 9.17) is 0 Å². The van der Waals surface area contributed by atoms with Crippen LogP contribution in [0.1, 0.15) is 52.0 Å². The van der Waals surface area contributed by atoms with Crippen LogP contribution in [0.15, 0.2) is 66.7 Å². The largest absolute Gasteiger partial charge is 0.321 e. The lowest BCUT2D eigenvalue weighted by Crippen LogP contribution is -2.29. The second kappa shape index (κ2) is 9.27. The van der Waals surface area contributed by atoms with Crippen molar-refractivity contribution in [2.24, 2.45) is 0 Å². The van der Waals surface area contributed by atoms with Crippen molar-refractivity contribution in [1.29, 1.82) is 0 Å². The first-order chi connectivity index (χ1) is 14.7. The zero-order chi connectivity index (χ0) is 20.9. The zero-order valence-electron chi connectivity index (χ0n) is 17.9. The van der Waals surface area contributed by atoms with E-state index in [0.717, 1.165) is 44.6 Å². The lowest BCUT2D eigenvalue weighted by atomic mass is 9.99. The van der Waals surface area contributed by atoms with E-state index in [9.17, 15) is 4.79 Å². The number of benzene rings is 3. The number of nitrogens with zero attached hydrogens (tertiary/aromatic N) is 1. The third-order valence-corrected chi connectivity index (χ3v) is 6.07. The smallest absolute Gasteiger partial charge is 0.255 e. The van der Waals surface area contributed by atoms with E-state index in [2.05, 4.69) is 78.7 Å². The highest BCUT2D eigenvalue weighted by atomic mass is 16.1. The molecule has 1 heterocycles. The fraction of sp³-hybridized carbons (Fsp3) is 0.296. The van der Waals surface area contributed by atoms with E-state index in [1.54, 1.807) is 0 Å². The van der Waals surface area contributed by atoms with Gasteiger partial charge in [0.2, 0.25) is 0 Å². The molecule has 0 unspecified atom stereocenters. The lowest BCUT2D eigenvalue weighted by molar-refractivity contribution is 0.102. The van der Waals surface area contributed by atoms with Gasteiger partial charge in [-0.25, -0.2) is 0 Å². The van der Waals surface area contributed by atoms with E-state index in [1.165, 1.54) is 27.8 Å². The number of hydrogen-bond donors (Lipinski definition) is 1. The molecule has 0 bridgehead atoms. The summed E-state index contributed by atoms with van der Waals surface area (Å²) in [5, 5.41) is 3.16. The van der Waals surface area contributed by atoms with E-state index in [0.29, 0.717) is 5.56 Å². The van der Waals surface area contributed by atoms with Crippen LogP contribution in [-0.2, 0) is 32.4 Å². The van der Waals surface area contributed by atoms with Crippen LogP contribution in [0.2, 0.25) is 0 Å². The van der Waals surface area contributed by atoms with Crippen LogP contribution in [0, 0.1) is 0 Å². The maximum absolute atomic E-state index is 12.9. The molecule has 1 amide bonds. The second-order valence-electron chi connectivity index (χ2n) is 8.04. The third kappa shape index (κ3) is 4.47. The van der Waals surface area contributed by atoms with Gasteiger partial charge in [0.15, 0.2) is 0 Å². The molecule has 0 atom stereocenters. The van der Waals surface area contributed by atoms with Crippen molar-refractivity contribution in [2.45, 2.75) is 46.2 Å². The van der Waals surface area contributed by atoms with Gasteiger partial charge >= 0.3 is 0 Å². The maximum atomic E-state index is 12.9. The number of anilines is 1. The Kier molecular flexibility index (Phi) is 6.29. The van der Waals surface area contributed by atoms with E-state index < -0.39 is 0 Å². The number of nitrogens with one attached hydrogen (secondary N) is 1. The minimum Gasteiger partial charge on any atom is -0.321 e. The van der Waals surface area contributed by atoms with Crippen LogP contribution in [0.5, 0.6) is 0 Å². The highest BCUT2D eigenvalue weighted by Gasteiger charge is 2.16. The van der Waals surface area contributed by atoms with E-state index in [-0.39, 0.29) is 5.91 Å². The molecule has 0 saturated carbocycles. The van der Waals surface area contributed by atoms with Gasteiger partial charge in [-0.05, 0) is 59.2 Å². The topological polar surface area (TPSA) is 32.3 Å². The van der Waals surface area contributed by atoms with Crippen molar-refractivity contribution in [3.05, 3.63) is 100 Å². The van der Waals surface area contributed by atoms with Gasteiger partial charge in [-0.1, -0.05) is 68.4 Å². The van der Waals surface area contributed by atoms with Gasteiger partial charge in [-0.3, -0.25) is 9.69 Å². The molecule has 1 aliphatic heterocycles. The molecule has 3 aromatic rings. The predicted molar refractivity (Wildman–Crippen MR) is 124 cm³/mol. The fourth-order valence-corrected chi connectivity index (χ4v) is 4.30. The van der Waals surface area contributed by atoms with Crippen molar-refractivity contribution in [3.8, 4) is 0 Å². The highest BCUT2D eigenvalue weighted by molar-refractivity contribution is 6.05. The lowest BCUT2D eigenvalue weighted by Gasteiger charge is -2.28. The minimum atomic E-state index is -0.0379. The Labute approximate surface area is 179 Å². The summed E-state index contributed by atoms with van der Waals surface area (Å²) >= 11 is 0. The number of carbonyl (C=O) groups is 1. The average Bonchev–Trinajstić information content (AvgIpc) is 2.79. The number of hydrogen-bond acceptors (Lipinski definition) is 2. The molecule has 4 rings (SSSR count). The number of rotatable bonds is 6. The summed E-state index contributed by atoms with van der Waals surface area (Å²) in [7, 11) is 0. The van der Waals surface area contributed by atoms with Crippen LogP contribution in [0.4, 0.5) is 5.69 Å². The summed E-state index contributed by atoms with van der Waals surface area (Å²) in [6.07, 6.45) is 2.91. The van der Waals surface area contributed by atoms with Gasteiger partial charge in [0.1, 0.15) is 0 Å². The summed E-state index contributed by atoms with van der Waals surface area (Å²) in [5.74, 6) is -0.0379. The van der Waals surface area contributed by atoms with E-state index in [1.807, 2.05) is 12.1 Å². The molecular weight excluding hydrogens is 368 g/mol. The molecule has 154 valence electrons. The molecule has 3 nitrogen and oxygen atoms in total. The van der Waals surface area contributed by atoms with Crippen LogP contribution >= 0.6 is 0 Å². The molecule has 0 radical (unpaired) electrons. The Morgan fingerprint density at radius 3 is 2.20 bits per heavy atom. The molecule has 1 aliphatic rings. The fourth-order valence-electron chi connectivity index (χ4n) is 4.30. The van der Waals surface area contributed by atoms with Crippen LogP contribution < -0.4 is 5.32 Å². The summed E-state index contributed by atoms with van der Waals surface area (Å²) < 4.78 is 0. The number of para-hydroxylation sites is 1. The Morgan fingerprint density at radius 2 is 1.53 bits per heavy atom. The predicted octanol–water partition coefficient (Wildman–Crippen LogP) is 5.62. The van der Waals surface area contributed by atoms with Gasteiger partial charge in [0.25, 0.3) is 5.91 Å². The molecule has 0 spiro atoms. The Hall–Kier alpha value is -2.91. The average molecular weight is 399 g/mol. The zero-order valence-corrected chi connectivity index (χ0v) is 17.9. The summed E-state index contributed by atoms with van der Waals surface area (Å²) in [6.45, 7) is 7.23. The first kappa shape index (κ1) is 20.4. The molecule has 0 fully saturated rings. The van der Waals surface area contributed by atoms with E-state index >= 15 is 0 Å². The van der Waals surface area contributed by atoms with Crippen LogP contribution in [0.3, 0.4) is 0 Å². The van der Waals surface area contributed by atoms with Gasteiger partial charge in [0.05, 0.1) is 0 Å². The number of amides is 1. The summed E-state index contributed by atoms with van der Waals surface area (Å²) in [5.41, 5.74) is 8.20. The van der Waals surface area contributed by atoms with Crippen LogP contribution in [0.25, 0.3) is 0 Å². The molecule has 0 saturated heterocycles. The van der Waals surface area contributed by atoms with Crippen LogP contribution in [-0.4, -0.2) is 17.4 Å². The summed E-state index contributed by atoms with van der Waals surface area (Å²) in [6, 6.07) is 23.0. The molecule has 3 aromatic carbocycles. The molecule has 30 heavy (non-hydrogen) atoms. The second-order valence-corrected chi connectivity index (χ2v) is 8.04. The maximum Gasteiger partial charge on any atom is 0.255 e. The number of carbonyl (C=O) groups excluding carboxylic acids is 1. The number of fused-ring (bicyclic) bond motifs is 1. The van der Waals surface area contributed by atoms with Crippen molar-refractivity contribution < 1.29 is 4.79 Å². The van der Waals surface area contributed by atoms with Crippen molar-refractivity contribution in [3.63, 3.8) is 0 Å². The Morgan fingerprint density at radius 1 is 0.867 bits per heavy atom. The van der Waals surface area contributed by atoms with Gasteiger partial charge in [-0.2, -0.15) is 0 Å². The van der Waals surface area contributed by atoms with Crippen molar-refractivity contribution >= 4 is 11.6 Å². The van der Waals surface area contributed by atoms with Crippen molar-refractivity contribution in [2.75, 3.05) is 11.9 Å². The van der Waals surface area contributed by atoms with Gasteiger partial charge in [0, 0.05) is 30.9 Å². The normalized spacial score (nSPS) is 13.7. The van der Waals surface area contributed by atoms with Gasteiger partial charge in [-0.15, -0.1) is 0 Å². The quantitative estimate of drug-likeness (QED) is 0.584. The molecule has 3 heteroatoms. The Balaban J connectivity index is 1.42. The molecule has 0 aromatic heterocycles. The SMILES string of the molecule is CCc1cccc(CC)c1NC(=O)c1ccc(CN2CCc3ccccc3C2)cc1. The summed E-state index contributed by atoms with van der Waals surface area (Å²) in [4.78, 5) is 15.3. The number of aryl methyl sites for hydroxylation is 2. The van der Waals surface area contributed by atoms with Gasteiger partial charge < -0.3 is 5.32 Å². The highest BCUT2D eigenvalue weighted by Crippen LogP contribution is 2.24. The molecule has 1 N–H and O–H groups in total. The minimum absolute atomic E-state index is 0.0379. The standard InChI is InChI=1S/C27H30N2O/c1-3-21-10-7-11-22(4-2)26(21)28-27(30)24-14-12-20(13-15-24)18-29-17-16-23-8-5-6-9-25(23)19-29/h5-15H,3-4,16-19H2,1-2H3,(H,28,30). The third-order valence-electron chi connectivity index (χ3n) is 6.07. The van der Waals surface area contributed by atoms with Crippen molar-refractivity contribution in [1.82, 2.24) is 4.90 Å². The monoisotopic (exact) mass is 398 g/mol. The Bertz CT molecular complexity index is 1000. The first-order valence-electron chi connectivity index (χ1n) is 11.0. The molecular formula is C27H30N2O.